The van der Waals surface area contributed by atoms with E-state index in [4.69, 9.17) is 0 Å². The van der Waals surface area contributed by atoms with E-state index in [1.54, 1.807) is 11.8 Å². The molecule has 3 heteroatoms. The molecule has 0 aliphatic carbocycles. The van der Waals surface area contributed by atoms with Crippen LogP contribution in [0.2, 0.25) is 0 Å². The average Bonchev–Trinajstić information content (AvgIpc) is 2.52. The molecule has 1 amide bonds. The Kier molecular flexibility index (Phi) is 5.69. The van der Waals surface area contributed by atoms with E-state index in [0.717, 1.165) is 4.90 Å². The Morgan fingerprint density at radius 1 is 1.05 bits per heavy atom. The summed E-state index contributed by atoms with van der Waals surface area (Å²) in [5.74, 6) is 0.884. The molecule has 0 aliphatic heterocycles. The summed E-state index contributed by atoms with van der Waals surface area (Å²) >= 11 is 1.56. The fourth-order valence-corrected chi connectivity index (χ4v) is 2.63. The zero-order valence-corrected chi connectivity index (χ0v) is 12.4. The lowest BCUT2D eigenvalue weighted by Crippen LogP contribution is -2.28. The van der Waals surface area contributed by atoms with Crippen molar-refractivity contribution in [2.45, 2.75) is 17.7 Å². The SMILES string of the molecule is CC(CNC(=O)CSc1ccccc1)c1ccccc1. The van der Waals surface area contributed by atoms with Gasteiger partial charge in [-0.15, -0.1) is 11.8 Å². The molecule has 1 atom stereocenters. The molecule has 0 saturated carbocycles. The molecule has 2 nitrogen and oxygen atoms in total. The van der Waals surface area contributed by atoms with Crippen LogP contribution in [-0.4, -0.2) is 18.2 Å². The van der Waals surface area contributed by atoms with Gasteiger partial charge in [0.2, 0.25) is 5.91 Å². The van der Waals surface area contributed by atoms with E-state index < -0.39 is 0 Å². The predicted molar refractivity (Wildman–Crippen MR) is 85.0 cm³/mol. The van der Waals surface area contributed by atoms with Crippen molar-refractivity contribution in [3.63, 3.8) is 0 Å². The van der Waals surface area contributed by atoms with Crippen molar-refractivity contribution in [1.29, 1.82) is 0 Å². The van der Waals surface area contributed by atoms with Crippen LogP contribution < -0.4 is 5.32 Å². The van der Waals surface area contributed by atoms with Crippen LogP contribution in [0.3, 0.4) is 0 Å². The van der Waals surface area contributed by atoms with Crippen LogP contribution in [0.5, 0.6) is 0 Å². The first-order chi connectivity index (χ1) is 9.75. The molecule has 2 rings (SSSR count). The largest absolute Gasteiger partial charge is 0.355 e. The summed E-state index contributed by atoms with van der Waals surface area (Å²) in [5, 5.41) is 2.99. The van der Waals surface area contributed by atoms with Gasteiger partial charge in [0.15, 0.2) is 0 Å². The average molecular weight is 285 g/mol. The molecule has 2 aromatic carbocycles. The van der Waals surface area contributed by atoms with Crippen molar-refractivity contribution in [2.75, 3.05) is 12.3 Å². The monoisotopic (exact) mass is 285 g/mol. The van der Waals surface area contributed by atoms with E-state index in [2.05, 4.69) is 24.4 Å². The molecule has 0 aromatic heterocycles. The summed E-state index contributed by atoms with van der Waals surface area (Å²) < 4.78 is 0. The maximum atomic E-state index is 11.8. The van der Waals surface area contributed by atoms with Crippen molar-refractivity contribution in [3.8, 4) is 0 Å². The fourth-order valence-electron chi connectivity index (χ4n) is 1.88. The molecule has 0 heterocycles. The second-order valence-corrected chi connectivity index (χ2v) is 5.77. The Hall–Kier alpha value is -1.74. The zero-order valence-electron chi connectivity index (χ0n) is 11.6. The first-order valence-corrected chi connectivity index (χ1v) is 7.74. The second-order valence-electron chi connectivity index (χ2n) is 4.72. The summed E-state index contributed by atoms with van der Waals surface area (Å²) in [7, 11) is 0. The third-order valence-corrected chi connectivity index (χ3v) is 4.10. The third-order valence-electron chi connectivity index (χ3n) is 3.09. The van der Waals surface area contributed by atoms with E-state index in [1.807, 2.05) is 48.5 Å². The Labute approximate surface area is 124 Å². The lowest BCUT2D eigenvalue weighted by molar-refractivity contribution is -0.118. The summed E-state index contributed by atoms with van der Waals surface area (Å²) in [4.78, 5) is 12.9. The van der Waals surface area contributed by atoms with Gasteiger partial charge in [0.1, 0.15) is 0 Å². The Balaban J connectivity index is 1.73. The van der Waals surface area contributed by atoms with Gasteiger partial charge >= 0.3 is 0 Å². The molecular formula is C17H19NOS. The van der Waals surface area contributed by atoms with Gasteiger partial charge in [-0.1, -0.05) is 55.5 Å². The van der Waals surface area contributed by atoms with Crippen LogP contribution in [0.1, 0.15) is 18.4 Å². The van der Waals surface area contributed by atoms with Crippen LogP contribution in [0.4, 0.5) is 0 Å². The Bertz CT molecular complexity index is 527. The summed E-state index contributed by atoms with van der Waals surface area (Å²) in [5.41, 5.74) is 1.25. The maximum absolute atomic E-state index is 11.8. The lowest BCUT2D eigenvalue weighted by Gasteiger charge is -2.12. The van der Waals surface area contributed by atoms with E-state index in [-0.39, 0.29) is 5.91 Å². The van der Waals surface area contributed by atoms with Crippen LogP contribution in [-0.2, 0) is 4.79 Å². The lowest BCUT2D eigenvalue weighted by atomic mass is 10.0. The van der Waals surface area contributed by atoms with Crippen LogP contribution >= 0.6 is 11.8 Å². The number of rotatable bonds is 6. The highest BCUT2D eigenvalue weighted by molar-refractivity contribution is 8.00. The van der Waals surface area contributed by atoms with Gasteiger partial charge in [-0.05, 0) is 23.6 Å². The molecule has 0 spiro atoms. The van der Waals surface area contributed by atoms with E-state index in [1.165, 1.54) is 5.56 Å². The Morgan fingerprint density at radius 2 is 1.65 bits per heavy atom. The predicted octanol–water partition coefficient (Wildman–Crippen LogP) is 3.70. The van der Waals surface area contributed by atoms with Gasteiger partial charge in [-0.25, -0.2) is 0 Å². The standard InChI is InChI=1S/C17H19NOS/c1-14(15-8-4-2-5-9-15)12-18-17(19)13-20-16-10-6-3-7-11-16/h2-11,14H,12-13H2,1H3,(H,18,19). The van der Waals surface area contributed by atoms with Crippen molar-refractivity contribution in [2.24, 2.45) is 0 Å². The molecule has 0 aliphatic rings. The number of thioether (sulfide) groups is 1. The zero-order chi connectivity index (χ0) is 14.2. The molecule has 1 N–H and O–H groups in total. The first-order valence-electron chi connectivity index (χ1n) is 6.75. The number of amides is 1. The number of benzene rings is 2. The van der Waals surface area contributed by atoms with E-state index in [9.17, 15) is 4.79 Å². The second kappa shape index (κ2) is 7.75. The minimum Gasteiger partial charge on any atom is -0.355 e. The van der Waals surface area contributed by atoms with Gasteiger partial charge in [-0.3, -0.25) is 4.79 Å². The van der Waals surface area contributed by atoms with Crippen molar-refractivity contribution < 1.29 is 4.79 Å². The molecule has 2 aromatic rings. The summed E-state index contributed by atoms with van der Waals surface area (Å²) in [6.45, 7) is 2.80. The van der Waals surface area contributed by atoms with Gasteiger partial charge < -0.3 is 5.32 Å². The number of carbonyl (C=O) groups excluding carboxylic acids is 1. The quantitative estimate of drug-likeness (QED) is 0.820. The first kappa shape index (κ1) is 14.7. The molecule has 0 radical (unpaired) electrons. The van der Waals surface area contributed by atoms with Gasteiger partial charge in [0.25, 0.3) is 0 Å². The minimum atomic E-state index is 0.0848. The number of hydrogen-bond donors (Lipinski definition) is 1. The van der Waals surface area contributed by atoms with Crippen LogP contribution in [0.25, 0.3) is 0 Å². The molecule has 1 unspecified atom stereocenters. The summed E-state index contributed by atoms with van der Waals surface area (Å²) in [6.07, 6.45) is 0. The molecule has 0 fully saturated rings. The highest BCUT2D eigenvalue weighted by Crippen LogP contribution is 2.17. The van der Waals surface area contributed by atoms with Crippen molar-refractivity contribution in [1.82, 2.24) is 5.32 Å². The fraction of sp³-hybridized carbons (Fsp3) is 0.235. The van der Waals surface area contributed by atoms with E-state index in [0.29, 0.717) is 18.2 Å². The highest BCUT2D eigenvalue weighted by Gasteiger charge is 2.07. The van der Waals surface area contributed by atoms with Crippen molar-refractivity contribution in [3.05, 3.63) is 66.2 Å². The van der Waals surface area contributed by atoms with Gasteiger partial charge in [-0.2, -0.15) is 0 Å². The molecule has 104 valence electrons. The number of carbonyl (C=O) groups is 1. The molecule has 20 heavy (non-hydrogen) atoms. The topological polar surface area (TPSA) is 29.1 Å². The smallest absolute Gasteiger partial charge is 0.230 e. The highest BCUT2D eigenvalue weighted by atomic mass is 32.2. The van der Waals surface area contributed by atoms with Gasteiger partial charge in [0, 0.05) is 11.4 Å². The van der Waals surface area contributed by atoms with Crippen LogP contribution in [0.15, 0.2) is 65.6 Å². The van der Waals surface area contributed by atoms with E-state index >= 15 is 0 Å². The Morgan fingerprint density at radius 3 is 2.30 bits per heavy atom. The molecule has 0 bridgehead atoms. The van der Waals surface area contributed by atoms with Crippen LogP contribution in [0, 0.1) is 0 Å². The molecular weight excluding hydrogens is 266 g/mol. The normalized spacial score (nSPS) is 11.8. The third kappa shape index (κ3) is 4.74. The van der Waals surface area contributed by atoms with Gasteiger partial charge in [0.05, 0.1) is 5.75 Å². The minimum absolute atomic E-state index is 0.0848. The number of nitrogens with one attached hydrogen (secondary N) is 1. The summed E-state index contributed by atoms with van der Waals surface area (Å²) in [6, 6.07) is 20.2. The maximum Gasteiger partial charge on any atom is 0.230 e. The van der Waals surface area contributed by atoms with Crippen molar-refractivity contribution >= 4 is 17.7 Å². The molecule has 0 saturated heterocycles. The number of hydrogen-bond acceptors (Lipinski definition) is 2.